The highest BCUT2D eigenvalue weighted by Crippen LogP contribution is 2.26. The molecule has 1 unspecified atom stereocenters. The van der Waals surface area contributed by atoms with E-state index in [1.807, 2.05) is 13.2 Å². The molecule has 0 aliphatic rings. The monoisotopic (exact) mass is 461 g/mol. The summed E-state index contributed by atoms with van der Waals surface area (Å²) in [6, 6.07) is 6.66. The van der Waals surface area contributed by atoms with Gasteiger partial charge in [0.2, 0.25) is 0 Å². The smallest absolute Gasteiger partial charge is 0.193 e. The molecule has 3 rings (SSSR count). The van der Waals surface area contributed by atoms with E-state index in [0.29, 0.717) is 0 Å². The largest absolute Gasteiger partial charge is 0.313 e. The van der Waals surface area contributed by atoms with Crippen molar-refractivity contribution in [3.63, 3.8) is 0 Å². The summed E-state index contributed by atoms with van der Waals surface area (Å²) in [6.45, 7) is 0. The Morgan fingerprint density at radius 3 is 3.10 bits per heavy atom. The van der Waals surface area contributed by atoms with Crippen LogP contribution in [-0.2, 0) is 6.42 Å². The van der Waals surface area contributed by atoms with E-state index in [4.69, 9.17) is 0 Å². The van der Waals surface area contributed by atoms with Crippen molar-refractivity contribution in [2.75, 3.05) is 7.05 Å². The number of nitrogens with zero attached hydrogens (tertiary/aromatic N) is 2. The lowest BCUT2D eigenvalue weighted by atomic mass is 10.0. The molecule has 1 N–H and O–H groups in total. The van der Waals surface area contributed by atoms with Crippen molar-refractivity contribution in [3.05, 3.63) is 55.3 Å². The lowest BCUT2D eigenvalue weighted by Crippen LogP contribution is -2.20. The summed E-state index contributed by atoms with van der Waals surface area (Å²) in [7, 11) is 2.00. The third kappa shape index (κ3) is 2.93. The van der Waals surface area contributed by atoms with E-state index in [9.17, 15) is 0 Å². The SMILES string of the molecule is CNC(Cc1cn2ccsc2n1)c1cc(Br)ccc1I. The number of thiazole rings is 1. The standard InChI is InChI=1S/C14H13BrIN3S/c1-17-13(11-6-9(15)2-3-12(11)16)7-10-8-19-4-5-20-14(19)18-10/h2-6,8,13,17H,7H2,1H3. The second-order valence-electron chi connectivity index (χ2n) is 4.54. The molecule has 2 aromatic heterocycles. The number of likely N-dealkylation sites (N-methyl/N-ethyl adjacent to an activating group) is 1. The zero-order valence-corrected chi connectivity index (χ0v) is 15.4. The quantitative estimate of drug-likeness (QED) is 0.588. The van der Waals surface area contributed by atoms with Gasteiger partial charge >= 0.3 is 0 Å². The third-order valence-electron chi connectivity index (χ3n) is 3.24. The van der Waals surface area contributed by atoms with Gasteiger partial charge < -0.3 is 5.32 Å². The maximum absolute atomic E-state index is 4.67. The fourth-order valence-electron chi connectivity index (χ4n) is 2.23. The number of fused-ring (bicyclic) bond motifs is 1. The maximum Gasteiger partial charge on any atom is 0.193 e. The molecule has 1 aromatic carbocycles. The first-order valence-corrected chi connectivity index (χ1v) is 8.96. The average Bonchev–Trinajstić information content (AvgIpc) is 3.00. The third-order valence-corrected chi connectivity index (χ3v) is 5.48. The summed E-state index contributed by atoms with van der Waals surface area (Å²) in [6.07, 6.45) is 5.05. The van der Waals surface area contributed by atoms with Crippen LogP contribution in [0.1, 0.15) is 17.3 Å². The van der Waals surface area contributed by atoms with E-state index in [1.165, 1.54) is 9.13 Å². The molecule has 0 aliphatic heterocycles. The highest BCUT2D eigenvalue weighted by Gasteiger charge is 2.15. The molecular weight excluding hydrogens is 449 g/mol. The first-order chi connectivity index (χ1) is 9.67. The van der Waals surface area contributed by atoms with Crippen molar-refractivity contribution in [2.45, 2.75) is 12.5 Å². The first-order valence-electron chi connectivity index (χ1n) is 6.20. The average molecular weight is 462 g/mol. The summed E-state index contributed by atoms with van der Waals surface area (Å²) >= 11 is 7.61. The summed E-state index contributed by atoms with van der Waals surface area (Å²) in [5.41, 5.74) is 2.42. The van der Waals surface area contributed by atoms with Crippen LogP contribution in [0.3, 0.4) is 0 Å². The molecule has 0 radical (unpaired) electrons. The molecule has 6 heteroatoms. The van der Waals surface area contributed by atoms with Gasteiger partial charge in [-0.3, -0.25) is 4.40 Å². The van der Waals surface area contributed by atoms with E-state index < -0.39 is 0 Å². The molecule has 0 bridgehead atoms. The predicted molar refractivity (Wildman–Crippen MR) is 95.4 cm³/mol. The van der Waals surface area contributed by atoms with Crippen LogP contribution < -0.4 is 5.32 Å². The normalized spacial score (nSPS) is 12.9. The van der Waals surface area contributed by atoms with Gasteiger partial charge in [0.05, 0.1) is 5.69 Å². The summed E-state index contributed by atoms with van der Waals surface area (Å²) in [5.74, 6) is 0. The maximum atomic E-state index is 4.67. The van der Waals surface area contributed by atoms with Crippen LogP contribution in [0.4, 0.5) is 0 Å². The Kier molecular flexibility index (Phi) is 4.44. The first kappa shape index (κ1) is 14.5. The molecule has 3 nitrogen and oxygen atoms in total. The van der Waals surface area contributed by atoms with Gasteiger partial charge in [0.25, 0.3) is 0 Å². The van der Waals surface area contributed by atoms with Gasteiger partial charge in [0, 0.05) is 38.3 Å². The van der Waals surface area contributed by atoms with E-state index in [-0.39, 0.29) is 6.04 Å². The number of benzene rings is 1. The second-order valence-corrected chi connectivity index (χ2v) is 7.49. The van der Waals surface area contributed by atoms with Crippen LogP contribution in [0.2, 0.25) is 0 Å². The number of imidazole rings is 1. The molecule has 3 aromatic rings. The molecule has 0 amide bonds. The van der Waals surface area contributed by atoms with E-state index in [0.717, 1.165) is 21.5 Å². The lowest BCUT2D eigenvalue weighted by Gasteiger charge is -2.17. The molecule has 0 saturated heterocycles. The Bertz CT molecular complexity index is 708. The highest BCUT2D eigenvalue weighted by atomic mass is 127. The van der Waals surface area contributed by atoms with Crippen LogP contribution in [0.25, 0.3) is 4.96 Å². The summed E-state index contributed by atoms with van der Waals surface area (Å²) < 4.78 is 4.46. The van der Waals surface area contributed by atoms with Gasteiger partial charge in [-0.05, 0) is 53.4 Å². The van der Waals surface area contributed by atoms with Gasteiger partial charge in [0.15, 0.2) is 4.96 Å². The van der Waals surface area contributed by atoms with Crippen LogP contribution in [0.5, 0.6) is 0 Å². The van der Waals surface area contributed by atoms with Gasteiger partial charge in [-0.2, -0.15) is 0 Å². The Labute approximate surface area is 143 Å². The molecular formula is C14H13BrIN3S. The van der Waals surface area contributed by atoms with Crippen molar-refractivity contribution in [3.8, 4) is 0 Å². The van der Waals surface area contributed by atoms with Crippen LogP contribution in [-0.4, -0.2) is 16.4 Å². The molecule has 2 heterocycles. The Morgan fingerprint density at radius 2 is 2.35 bits per heavy atom. The van der Waals surface area contributed by atoms with Gasteiger partial charge in [-0.1, -0.05) is 15.9 Å². The van der Waals surface area contributed by atoms with E-state index >= 15 is 0 Å². The molecule has 20 heavy (non-hydrogen) atoms. The molecule has 104 valence electrons. The Morgan fingerprint density at radius 1 is 1.50 bits per heavy atom. The minimum Gasteiger partial charge on any atom is -0.313 e. The lowest BCUT2D eigenvalue weighted by molar-refractivity contribution is 0.583. The second kappa shape index (κ2) is 6.13. The van der Waals surface area contributed by atoms with Crippen molar-refractivity contribution >= 4 is 54.8 Å². The fourth-order valence-corrected chi connectivity index (χ4v) is 4.04. The van der Waals surface area contributed by atoms with Gasteiger partial charge in [-0.25, -0.2) is 4.98 Å². The van der Waals surface area contributed by atoms with Crippen molar-refractivity contribution in [1.29, 1.82) is 0 Å². The van der Waals surface area contributed by atoms with Crippen molar-refractivity contribution in [2.24, 2.45) is 0 Å². The zero-order valence-electron chi connectivity index (χ0n) is 10.8. The molecule has 0 saturated carbocycles. The number of hydrogen-bond acceptors (Lipinski definition) is 3. The fraction of sp³-hybridized carbons (Fsp3) is 0.214. The predicted octanol–water partition coefficient (Wildman–Crippen LogP) is 4.27. The van der Waals surface area contributed by atoms with Crippen LogP contribution >= 0.6 is 49.9 Å². The minimum atomic E-state index is 0.268. The minimum absolute atomic E-state index is 0.268. The highest BCUT2D eigenvalue weighted by molar-refractivity contribution is 14.1. The van der Waals surface area contributed by atoms with Gasteiger partial charge in [0.1, 0.15) is 0 Å². The number of nitrogens with one attached hydrogen (secondary N) is 1. The topological polar surface area (TPSA) is 29.3 Å². The number of hydrogen-bond donors (Lipinski definition) is 1. The van der Waals surface area contributed by atoms with Crippen molar-refractivity contribution < 1.29 is 0 Å². The summed E-state index contributed by atoms with van der Waals surface area (Å²) in [4.78, 5) is 5.72. The molecule has 0 spiro atoms. The molecule has 0 fully saturated rings. The summed E-state index contributed by atoms with van der Waals surface area (Å²) in [5, 5.41) is 5.45. The van der Waals surface area contributed by atoms with E-state index in [1.54, 1.807) is 11.3 Å². The van der Waals surface area contributed by atoms with Crippen LogP contribution in [0, 0.1) is 3.57 Å². The molecule has 0 aliphatic carbocycles. The van der Waals surface area contributed by atoms with Crippen LogP contribution in [0.15, 0.2) is 40.4 Å². The van der Waals surface area contributed by atoms with Crippen molar-refractivity contribution in [1.82, 2.24) is 14.7 Å². The number of halogens is 2. The Hall–Kier alpha value is -0.440. The number of rotatable bonds is 4. The number of aromatic nitrogens is 2. The Balaban J connectivity index is 1.89. The van der Waals surface area contributed by atoms with E-state index in [2.05, 4.69) is 83.0 Å². The molecule has 1 atom stereocenters. The zero-order chi connectivity index (χ0) is 14.1. The van der Waals surface area contributed by atoms with Gasteiger partial charge in [-0.15, -0.1) is 11.3 Å².